The highest BCUT2D eigenvalue weighted by Crippen LogP contribution is 2.39. The highest BCUT2D eigenvalue weighted by atomic mass is 32.2. The predicted molar refractivity (Wildman–Crippen MR) is 82.6 cm³/mol. The maximum atomic E-state index is 11.6. The molecule has 0 saturated carbocycles. The molecule has 0 aliphatic heterocycles. The molecule has 1 aromatic carbocycles. The van der Waals surface area contributed by atoms with E-state index in [1.165, 1.54) is 0 Å². The van der Waals surface area contributed by atoms with Crippen LogP contribution in [0.15, 0.2) is 40.6 Å². The summed E-state index contributed by atoms with van der Waals surface area (Å²) in [6.45, 7) is 0.464. The Bertz CT molecular complexity index is 754. The Balaban J connectivity index is 2.38. The highest BCUT2D eigenvalue weighted by Gasteiger charge is 2.26. The van der Waals surface area contributed by atoms with Gasteiger partial charge in [0.2, 0.25) is 0 Å². The largest absolute Gasteiger partial charge is 0.357 e. The molecule has 21 heavy (non-hydrogen) atoms. The van der Waals surface area contributed by atoms with Gasteiger partial charge in [0.25, 0.3) is 0 Å². The molecular formula is C13H14N2O4S2. The first kappa shape index (κ1) is 15.5. The molecule has 0 N–H and O–H groups in total. The number of nitro groups is 1. The van der Waals surface area contributed by atoms with Crippen LogP contribution >= 0.6 is 11.3 Å². The van der Waals surface area contributed by atoms with Crippen molar-refractivity contribution in [1.29, 1.82) is 0 Å². The Kier molecular flexibility index (Phi) is 4.29. The van der Waals surface area contributed by atoms with E-state index >= 15 is 0 Å². The van der Waals surface area contributed by atoms with E-state index in [-0.39, 0.29) is 9.90 Å². The van der Waals surface area contributed by atoms with Crippen molar-refractivity contribution in [2.75, 3.05) is 18.2 Å². The molecule has 0 saturated heterocycles. The van der Waals surface area contributed by atoms with Crippen LogP contribution in [0.4, 0.5) is 10.7 Å². The molecule has 0 aliphatic rings. The number of sulfone groups is 1. The third-order valence-corrected chi connectivity index (χ3v) is 5.88. The molecule has 0 bridgehead atoms. The second-order valence-electron chi connectivity index (χ2n) is 4.63. The molecule has 112 valence electrons. The van der Waals surface area contributed by atoms with Crippen LogP contribution in [0.25, 0.3) is 0 Å². The van der Waals surface area contributed by atoms with E-state index in [1.807, 2.05) is 30.3 Å². The number of hydrogen-bond acceptors (Lipinski definition) is 6. The lowest BCUT2D eigenvalue weighted by atomic mass is 10.2. The number of hydrogen-bond donors (Lipinski definition) is 0. The summed E-state index contributed by atoms with van der Waals surface area (Å²) in [7, 11) is -1.75. The van der Waals surface area contributed by atoms with Crippen LogP contribution in [0.1, 0.15) is 5.56 Å². The van der Waals surface area contributed by atoms with E-state index in [2.05, 4.69) is 0 Å². The van der Waals surface area contributed by atoms with Gasteiger partial charge < -0.3 is 4.90 Å². The molecule has 6 nitrogen and oxygen atoms in total. The summed E-state index contributed by atoms with van der Waals surface area (Å²) in [6.07, 6.45) is 1.05. The van der Waals surface area contributed by atoms with E-state index in [0.717, 1.165) is 29.2 Å². The minimum Gasteiger partial charge on any atom is -0.357 e. The van der Waals surface area contributed by atoms with E-state index in [1.54, 1.807) is 11.9 Å². The second-order valence-corrected chi connectivity index (χ2v) is 7.90. The molecule has 0 aliphatic carbocycles. The maximum Gasteiger partial charge on any atom is 0.305 e. The van der Waals surface area contributed by atoms with Crippen LogP contribution in [0.2, 0.25) is 0 Å². The Morgan fingerprint density at radius 2 is 1.90 bits per heavy atom. The van der Waals surface area contributed by atoms with E-state index in [0.29, 0.717) is 11.5 Å². The molecule has 8 heteroatoms. The van der Waals surface area contributed by atoms with Gasteiger partial charge in [-0.3, -0.25) is 10.1 Å². The fourth-order valence-electron chi connectivity index (χ4n) is 1.87. The van der Waals surface area contributed by atoms with Crippen molar-refractivity contribution in [2.45, 2.75) is 10.8 Å². The molecule has 0 spiro atoms. The lowest BCUT2D eigenvalue weighted by Crippen LogP contribution is -2.16. The van der Waals surface area contributed by atoms with E-state index < -0.39 is 14.8 Å². The topological polar surface area (TPSA) is 80.5 Å². The number of rotatable bonds is 5. The molecule has 1 aromatic heterocycles. The first-order valence-corrected chi connectivity index (χ1v) is 8.73. The summed E-state index contributed by atoms with van der Waals surface area (Å²) in [6, 6.07) is 10.6. The molecule has 1 heterocycles. The molecule has 2 aromatic rings. The van der Waals surface area contributed by atoms with Crippen LogP contribution in [0, 0.1) is 10.1 Å². The van der Waals surface area contributed by atoms with Crippen molar-refractivity contribution >= 4 is 31.9 Å². The SMILES string of the molecule is CN(Cc1ccccc1)c1sc(S(C)(=O)=O)cc1[N+](=O)[O-]. The lowest BCUT2D eigenvalue weighted by Gasteiger charge is -2.16. The summed E-state index contributed by atoms with van der Waals surface area (Å²) in [5, 5.41) is 11.4. The predicted octanol–water partition coefficient (Wildman–Crippen LogP) is 2.70. The van der Waals surface area contributed by atoms with Crippen LogP contribution in [-0.2, 0) is 16.4 Å². The molecule has 0 atom stereocenters. The van der Waals surface area contributed by atoms with Crippen molar-refractivity contribution in [3.63, 3.8) is 0 Å². The van der Waals surface area contributed by atoms with Gasteiger partial charge in [-0.1, -0.05) is 41.7 Å². The fraction of sp³-hybridized carbons (Fsp3) is 0.231. The van der Waals surface area contributed by atoms with Gasteiger partial charge in [0.05, 0.1) is 4.92 Å². The minimum atomic E-state index is -3.46. The number of thiophene rings is 1. The first-order chi connectivity index (χ1) is 9.79. The molecule has 0 radical (unpaired) electrons. The van der Waals surface area contributed by atoms with Crippen molar-refractivity contribution in [3.05, 3.63) is 52.1 Å². The van der Waals surface area contributed by atoms with Crippen LogP contribution in [-0.4, -0.2) is 26.6 Å². The average Bonchev–Trinajstić information content (AvgIpc) is 2.85. The van der Waals surface area contributed by atoms with Gasteiger partial charge in [0.1, 0.15) is 4.21 Å². The quantitative estimate of drug-likeness (QED) is 0.623. The van der Waals surface area contributed by atoms with E-state index in [4.69, 9.17) is 0 Å². The average molecular weight is 326 g/mol. The zero-order valence-electron chi connectivity index (χ0n) is 11.5. The first-order valence-electron chi connectivity index (χ1n) is 6.02. The van der Waals surface area contributed by atoms with Crippen molar-refractivity contribution in [2.24, 2.45) is 0 Å². The molecule has 2 rings (SSSR count). The Morgan fingerprint density at radius 1 is 1.29 bits per heavy atom. The van der Waals surface area contributed by atoms with Crippen LogP contribution in [0.3, 0.4) is 0 Å². The molecular weight excluding hydrogens is 312 g/mol. The van der Waals surface area contributed by atoms with Gasteiger partial charge >= 0.3 is 5.69 Å². The molecule has 0 unspecified atom stereocenters. The molecule has 0 amide bonds. The Hall–Kier alpha value is -1.93. The smallest absolute Gasteiger partial charge is 0.305 e. The summed E-state index contributed by atoms with van der Waals surface area (Å²) < 4.78 is 23.1. The second kappa shape index (κ2) is 5.82. The normalized spacial score (nSPS) is 11.3. The van der Waals surface area contributed by atoms with Crippen molar-refractivity contribution in [3.8, 4) is 0 Å². The van der Waals surface area contributed by atoms with Gasteiger partial charge in [-0.25, -0.2) is 8.42 Å². The van der Waals surface area contributed by atoms with Gasteiger partial charge in [-0.15, -0.1) is 0 Å². The Labute approximate surface area is 126 Å². The standard InChI is InChI=1S/C13H14N2O4S2/c1-14(9-10-6-4-3-5-7-10)13-11(15(16)17)8-12(20-13)21(2,18)19/h3-8H,9H2,1-2H3. The minimum absolute atomic E-state index is 0.00381. The number of benzene rings is 1. The van der Waals surface area contributed by atoms with Crippen molar-refractivity contribution < 1.29 is 13.3 Å². The summed E-state index contributed by atoms with van der Waals surface area (Å²) in [4.78, 5) is 12.2. The third-order valence-electron chi connectivity index (χ3n) is 2.84. The zero-order valence-corrected chi connectivity index (χ0v) is 13.1. The van der Waals surface area contributed by atoms with Gasteiger partial charge in [-0.2, -0.15) is 0 Å². The summed E-state index contributed by atoms with van der Waals surface area (Å²) in [5.74, 6) is 0. The third kappa shape index (κ3) is 3.59. The zero-order chi connectivity index (χ0) is 15.6. The van der Waals surface area contributed by atoms with Gasteiger partial charge in [-0.05, 0) is 5.56 Å². The van der Waals surface area contributed by atoms with Crippen LogP contribution < -0.4 is 4.90 Å². The lowest BCUT2D eigenvalue weighted by molar-refractivity contribution is -0.383. The summed E-state index contributed by atoms with van der Waals surface area (Å²) in [5.41, 5.74) is 0.808. The molecule has 0 fully saturated rings. The van der Waals surface area contributed by atoms with Gasteiger partial charge in [0.15, 0.2) is 14.8 Å². The van der Waals surface area contributed by atoms with Crippen LogP contribution in [0.5, 0.6) is 0 Å². The van der Waals surface area contributed by atoms with Crippen molar-refractivity contribution in [1.82, 2.24) is 0 Å². The number of nitrogens with zero attached hydrogens (tertiary/aromatic N) is 2. The van der Waals surface area contributed by atoms with Gasteiger partial charge in [0, 0.05) is 25.9 Å². The Morgan fingerprint density at radius 3 is 2.43 bits per heavy atom. The maximum absolute atomic E-state index is 11.6. The summed E-state index contributed by atoms with van der Waals surface area (Å²) >= 11 is 0.918. The highest BCUT2D eigenvalue weighted by molar-refractivity contribution is 7.92. The monoisotopic (exact) mass is 326 g/mol. The fourth-order valence-corrected chi connectivity index (χ4v) is 3.85. The van der Waals surface area contributed by atoms with E-state index in [9.17, 15) is 18.5 Å². The number of anilines is 1.